The highest BCUT2D eigenvalue weighted by molar-refractivity contribution is 5.86. The van der Waals surface area contributed by atoms with Crippen molar-refractivity contribution in [2.75, 3.05) is 6.54 Å². The van der Waals surface area contributed by atoms with Crippen LogP contribution in [0.3, 0.4) is 0 Å². The molecule has 0 saturated heterocycles. The van der Waals surface area contributed by atoms with Gasteiger partial charge in [0.1, 0.15) is 0 Å². The van der Waals surface area contributed by atoms with Crippen molar-refractivity contribution in [2.45, 2.75) is 63.8 Å². The van der Waals surface area contributed by atoms with Crippen LogP contribution in [0.15, 0.2) is 0 Å². The zero-order valence-electron chi connectivity index (χ0n) is 10.3. The van der Waals surface area contributed by atoms with Crippen molar-refractivity contribution in [3.8, 4) is 0 Å². The predicted molar refractivity (Wildman–Crippen MR) is 65.0 cm³/mol. The van der Waals surface area contributed by atoms with Crippen LogP contribution in [0.4, 0.5) is 0 Å². The van der Waals surface area contributed by atoms with Crippen LogP contribution < -0.4 is 11.1 Å². The van der Waals surface area contributed by atoms with Crippen LogP contribution in [-0.4, -0.2) is 18.0 Å². The molecule has 0 aromatic carbocycles. The molecular weight excluding hydrogens is 200 g/mol. The molecule has 0 unspecified atom stereocenters. The van der Waals surface area contributed by atoms with Gasteiger partial charge in [-0.3, -0.25) is 4.79 Å². The number of nitrogens with one attached hydrogen (secondary N) is 1. The lowest BCUT2D eigenvalue weighted by Gasteiger charge is -2.40. The zero-order chi connectivity index (χ0) is 11.6. The monoisotopic (exact) mass is 224 g/mol. The summed E-state index contributed by atoms with van der Waals surface area (Å²) in [4.78, 5) is 12.1. The third-order valence-corrected chi connectivity index (χ3v) is 4.43. The largest absolute Gasteiger partial charge is 0.354 e. The lowest BCUT2D eigenvalue weighted by atomic mass is 9.70. The van der Waals surface area contributed by atoms with Crippen LogP contribution in [0.2, 0.25) is 0 Å². The smallest absolute Gasteiger partial charge is 0.240 e. The topological polar surface area (TPSA) is 55.1 Å². The number of hydrogen-bond acceptors (Lipinski definition) is 2. The van der Waals surface area contributed by atoms with Gasteiger partial charge in [0.25, 0.3) is 0 Å². The summed E-state index contributed by atoms with van der Waals surface area (Å²) in [6.07, 6.45) is 8.92. The Balaban J connectivity index is 1.82. The molecule has 0 heterocycles. The van der Waals surface area contributed by atoms with Gasteiger partial charge in [-0.15, -0.1) is 0 Å². The molecule has 2 rings (SSSR count). The summed E-state index contributed by atoms with van der Waals surface area (Å²) in [5, 5.41) is 3.07. The first-order chi connectivity index (χ1) is 7.54. The van der Waals surface area contributed by atoms with E-state index >= 15 is 0 Å². The highest BCUT2D eigenvalue weighted by Crippen LogP contribution is 2.39. The first-order valence-electron chi connectivity index (χ1n) is 6.61. The normalized spacial score (nSPS) is 26.9. The number of amides is 1. The summed E-state index contributed by atoms with van der Waals surface area (Å²) in [6, 6.07) is 0. The number of carbonyl (C=O) groups is 1. The Morgan fingerprint density at radius 3 is 2.25 bits per heavy atom. The Bertz CT molecular complexity index is 265. The van der Waals surface area contributed by atoms with Crippen molar-refractivity contribution in [3.63, 3.8) is 0 Å². The Morgan fingerprint density at radius 2 is 1.75 bits per heavy atom. The maximum Gasteiger partial charge on any atom is 0.240 e. The van der Waals surface area contributed by atoms with Gasteiger partial charge in [-0.1, -0.05) is 32.6 Å². The molecule has 0 spiro atoms. The van der Waals surface area contributed by atoms with Crippen molar-refractivity contribution in [1.82, 2.24) is 5.32 Å². The molecule has 2 aliphatic rings. The van der Waals surface area contributed by atoms with E-state index in [1.165, 1.54) is 25.7 Å². The third kappa shape index (κ3) is 2.40. The molecule has 0 atom stereocenters. The maximum absolute atomic E-state index is 12.1. The van der Waals surface area contributed by atoms with Crippen LogP contribution in [-0.2, 0) is 4.79 Å². The standard InChI is InChI=1S/C13H24N2O/c1-12(6-5-7-12)10-15-11(16)13(14)8-3-2-4-9-13/h2-10,14H2,1H3,(H,15,16). The third-order valence-electron chi connectivity index (χ3n) is 4.43. The van der Waals surface area contributed by atoms with E-state index in [1.807, 2.05) is 0 Å². The van der Waals surface area contributed by atoms with Crippen LogP contribution in [0.1, 0.15) is 58.3 Å². The fourth-order valence-electron chi connectivity index (χ4n) is 2.84. The lowest BCUT2D eigenvalue weighted by Crippen LogP contribution is -2.56. The van der Waals surface area contributed by atoms with Crippen LogP contribution in [0.25, 0.3) is 0 Å². The van der Waals surface area contributed by atoms with Crippen molar-refractivity contribution < 1.29 is 4.79 Å². The second kappa shape index (κ2) is 4.36. The van der Waals surface area contributed by atoms with Gasteiger partial charge in [-0.05, 0) is 31.1 Å². The summed E-state index contributed by atoms with van der Waals surface area (Å²) in [5.41, 5.74) is 5.96. The highest BCUT2D eigenvalue weighted by atomic mass is 16.2. The quantitative estimate of drug-likeness (QED) is 0.770. The molecule has 2 aliphatic carbocycles. The van der Waals surface area contributed by atoms with Crippen LogP contribution in [0, 0.1) is 5.41 Å². The minimum atomic E-state index is -0.571. The number of hydrogen-bond donors (Lipinski definition) is 2. The SMILES string of the molecule is CC1(CNC(=O)C2(N)CCCCC2)CCC1. The minimum absolute atomic E-state index is 0.0836. The average molecular weight is 224 g/mol. The van der Waals surface area contributed by atoms with E-state index in [9.17, 15) is 4.79 Å². The fraction of sp³-hybridized carbons (Fsp3) is 0.923. The fourth-order valence-corrected chi connectivity index (χ4v) is 2.84. The van der Waals surface area contributed by atoms with E-state index in [1.54, 1.807) is 0 Å². The van der Waals surface area contributed by atoms with Gasteiger partial charge in [0, 0.05) is 6.54 Å². The van der Waals surface area contributed by atoms with E-state index in [4.69, 9.17) is 5.73 Å². The Kier molecular flexibility index (Phi) is 3.24. The van der Waals surface area contributed by atoms with Gasteiger partial charge in [-0.25, -0.2) is 0 Å². The molecule has 2 saturated carbocycles. The molecule has 16 heavy (non-hydrogen) atoms. The molecular formula is C13H24N2O. The Hall–Kier alpha value is -0.570. The summed E-state index contributed by atoms with van der Waals surface area (Å²) in [6.45, 7) is 3.06. The Morgan fingerprint density at radius 1 is 1.12 bits per heavy atom. The van der Waals surface area contributed by atoms with Crippen molar-refractivity contribution in [2.24, 2.45) is 11.1 Å². The summed E-state index contributed by atoms with van der Waals surface area (Å²) in [7, 11) is 0. The molecule has 1 amide bonds. The molecule has 0 radical (unpaired) electrons. The first kappa shape index (κ1) is 11.9. The molecule has 0 bridgehead atoms. The van der Waals surface area contributed by atoms with Crippen LogP contribution in [0.5, 0.6) is 0 Å². The van der Waals surface area contributed by atoms with Gasteiger partial charge in [0.2, 0.25) is 5.91 Å². The van der Waals surface area contributed by atoms with Gasteiger partial charge >= 0.3 is 0 Å². The minimum Gasteiger partial charge on any atom is -0.354 e. The molecule has 2 fully saturated rings. The maximum atomic E-state index is 12.1. The molecule has 0 aliphatic heterocycles. The molecule has 0 aromatic rings. The van der Waals surface area contributed by atoms with E-state index in [0.717, 1.165) is 32.2 Å². The van der Waals surface area contributed by atoms with Gasteiger partial charge in [-0.2, -0.15) is 0 Å². The summed E-state index contributed by atoms with van der Waals surface area (Å²) in [5.74, 6) is 0.0836. The predicted octanol–water partition coefficient (Wildman–Crippen LogP) is 1.95. The van der Waals surface area contributed by atoms with E-state index in [-0.39, 0.29) is 5.91 Å². The van der Waals surface area contributed by atoms with E-state index < -0.39 is 5.54 Å². The van der Waals surface area contributed by atoms with Crippen LogP contribution >= 0.6 is 0 Å². The van der Waals surface area contributed by atoms with Crippen molar-refractivity contribution >= 4 is 5.91 Å². The number of rotatable bonds is 3. The molecule has 92 valence electrons. The zero-order valence-corrected chi connectivity index (χ0v) is 10.3. The van der Waals surface area contributed by atoms with Gasteiger partial charge in [0.15, 0.2) is 0 Å². The Labute approximate surface area is 98.2 Å². The number of carbonyl (C=O) groups excluding carboxylic acids is 1. The number of nitrogens with two attached hydrogens (primary N) is 1. The highest BCUT2D eigenvalue weighted by Gasteiger charge is 2.37. The van der Waals surface area contributed by atoms with Gasteiger partial charge in [0.05, 0.1) is 5.54 Å². The second-order valence-electron chi connectivity index (χ2n) is 6.06. The first-order valence-corrected chi connectivity index (χ1v) is 6.61. The van der Waals surface area contributed by atoms with Crippen molar-refractivity contribution in [3.05, 3.63) is 0 Å². The lowest BCUT2D eigenvalue weighted by molar-refractivity contribution is -0.128. The second-order valence-corrected chi connectivity index (χ2v) is 6.06. The molecule has 3 N–H and O–H groups in total. The summed E-state index contributed by atoms with van der Waals surface area (Å²) < 4.78 is 0. The van der Waals surface area contributed by atoms with E-state index in [2.05, 4.69) is 12.2 Å². The molecule has 3 heteroatoms. The average Bonchev–Trinajstić information content (AvgIpc) is 2.24. The molecule has 3 nitrogen and oxygen atoms in total. The molecule has 0 aromatic heterocycles. The van der Waals surface area contributed by atoms with Crippen molar-refractivity contribution in [1.29, 1.82) is 0 Å². The van der Waals surface area contributed by atoms with E-state index in [0.29, 0.717) is 5.41 Å². The summed E-state index contributed by atoms with van der Waals surface area (Å²) >= 11 is 0. The van der Waals surface area contributed by atoms with Gasteiger partial charge < -0.3 is 11.1 Å².